The van der Waals surface area contributed by atoms with Crippen molar-refractivity contribution in [1.29, 1.82) is 0 Å². The Morgan fingerprint density at radius 1 is 1.45 bits per heavy atom. The van der Waals surface area contributed by atoms with Crippen LogP contribution in [0.2, 0.25) is 0 Å². The highest BCUT2D eigenvalue weighted by molar-refractivity contribution is 6.40. The Morgan fingerprint density at radius 2 is 2.27 bits per heavy atom. The largest absolute Gasteiger partial charge is 0.469 e. The molecule has 1 aliphatic carbocycles. The topological polar surface area (TPSA) is 43.4 Å². The fourth-order valence-electron chi connectivity index (χ4n) is 1.22. The number of hydrogen-bond donors (Lipinski definition) is 0. The Balaban J connectivity index is 2.39. The maximum absolute atomic E-state index is 11.1. The lowest BCUT2D eigenvalue weighted by atomic mass is 9.92. The summed E-state index contributed by atoms with van der Waals surface area (Å²) in [5.74, 6) is -0.490. The molecule has 56 valence electrons. The van der Waals surface area contributed by atoms with Gasteiger partial charge in [0.05, 0.1) is 6.26 Å². The maximum Gasteiger partial charge on any atom is 0.213 e. The first kappa shape index (κ1) is 6.34. The quantitative estimate of drug-likeness (QED) is 0.474. The van der Waals surface area contributed by atoms with E-state index < -0.39 is 5.92 Å². The van der Waals surface area contributed by atoms with Gasteiger partial charge in [-0.3, -0.25) is 9.59 Å². The third kappa shape index (κ3) is 0.808. The van der Waals surface area contributed by atoms with Crippen molar-refractivity contribution in [1.82, 2.24) is 0 Å². The van der Waals surface area contributed by atoms with E-state index in [1.54, 1.807) is 12.2 Å². The minimum atomic E-state index is -0.420. The molecule has 11 heavy (non-hydrogen) atoms. The van der Waals surface area contributed by atoms with Gasteiger partial charge in [0.2, 0.25) is 11.6 Å². The van der Waals surface area contributed by atoms with Gasteiger partial charge in [-0.2, -0.15) is 0 Å². The summed E-state index contributed by atoms with van der Waals surface area (Å²) >= 11 is 0. The number of Topliss-reactive ketones (excluding diaryl/α,β-unsaturated/α-hetero) is 2. The number of carbonyl (C=O) groups excluding carboxylic acids is 2. The maximum atomic E-state index is 11.1. The molecule has 0 fully saturated rings. The van der Waals surface area contributed by atoms with Gasteiger partial charge < -0.3 is 4.74 Å². The molecule has 0 saturated carbocycles. The van der Waals surface area contributed by atoms with E-state index in [0.717, 1.165) is 0 Å². The molecule has 1 heterocycles. The lowest BCUT2D eigenvalue weighted by molar-refractivity contribution is -0.137. The molecule has 0 aromatic carbocycles. The van der Waals surface area contributed by atoms with Crippen LogP contribution >= 0.6 is 0 Å². The van der Waals surface area contributed by atoms with Gasteiger partial charge in [0.1, 0.15) is 11.7 Å². The number of ketones is 2. The number of fused-ring (bicyclic) bond motifs is 1. The third-order valence-electron chi connectivity index (χ3n) is 1.83. The third-order valence-corrected chi connectivity index (χ3v) is 1.83. The van der Waals surface area contributed by atoms with Gasteiger partial charge >= 0.3 is 0 Å². The summed E-state index contributed by atoms with van der Waals surface area (Å²) < 4.78 is 4.98. The summed E-state index contributed by atoms with van der Waals surface area (Å²) in [5, 5.41) is 0. The number of rotatable bonds is 0. The van der Waals surface area contributed by atoms with Gasteiger partial charge in [0.25, 0.3) is 0 Å². The van der Waals surface area contributed by atoms with Crippen LogP contribution in [0.3, 0.4) is 0 Å². The van der Waals surface area contributed by atoms with Crippen molar-refractivity contribution in [3.05, 3.63) is 24.2 Å². The molecule has 0 saturated heterocycles. The lowest BCUT2D eigenvalue weighted by Gasteiger charge is -2.11. The average molecular weight is 150 g/mol. The molecule has 1 aliphatic heterocycles. The van der Waals surface area contributed by atoms with Crippen molar-refractivity contribution in [2.24, 2.45) is 5.92 Å². The summed E-state index contributed by atoms with van der Waals surface area (Å²) in [6, 6.07) is 0. The standard InChI is InChI=1S/C8H6O3/c9-6-1-2-7-5(8(6)10)3-4-11-7/h2-5H,1H2. The molecule has 0 N–H and O–H groups in total. The first-order chi connectivity index (χ1) is 5.29. The predicted molar refractivity (Wildman–Crippen MR) is 36.4 cm³/mol. The molecule has 2 aliphatic rings. The molecule has 0 radical (unpaired) electrons. The van der Waals surface area contributed by atoms with Crippen LogP contribution in [0.15, 0.2) is 24.2 Å². The summed E-state index contributed by atoms with van der Waals surface area (Å²) in [5.41, 5.74) is 0. The van der Waals surface area contributed by atoms with Crippen LogP contribution in [-0.4, -0.2) is 11.6 Å². The number of carbonyl (C=O) groups is 2. The molecular weight excluding hydrogens is 144 g/mol. The second-order valence-corrected chi connectivity index (χ2v) is 2.52. The van der Waals surface area contributed by atoms with Crippen LogP contribution in [0.4, 0.5) is 0 Å². The zero-order chi connectivity index (χ0) is 7.84. The van der Waals surface area contributed by atoms with Gasteiger partial charge in [-0.1, -0.05) is 0 Å². The van der Waals surface area contributed by atoms with Gasteiger partial charge in [-0.25, -0.2) is 0 Å². The van der Waals surface area contributed by atoms with E-state index in [-0.39, 0.29) is 18.0 Å². The number of ether oxygens (including phenoxy) is 1. The number of allylic oxidation sites excluding steroid dienone is 2. The second-order valence-electron chi connectivity index (χ2n) is 2.52. The molecule has 0 bridgehead atoms. The first-order valence-corrected chi connectivity index (χ1v) is 3.39. The van der Waals surface area contributed by atoms with E-state index >= 15 is 0 Å². The lowest BCUT2D eigenvalue weighted by Crippen LogP contribution is -2.25. The van der Waals surface area contributed by atoms with Crippen LogP contribution < -0.4 is 0 Å². The molecule has 0 aromatic heterocycles. The van der Waals surface area contributed by atoms with Crippen LogP contribution in [0.5, 0.6) is 0 Å². The molecule has 1 unspecified atom stereocenters. The highest BCUT2D eigenvalue weighted by Gasteiger charge is 2.33. The summed E-state index contributed by atoms with van der Waals surface area (Å²) in [6.07, 6.45) is 4.90. The van der Waals surface area contributed by atoms with Gasteiger partial charge in [0.15, 0.2) is 0 Å². The molecule has 0 amide bonds. The van der Waals surface area contributed by atoms with Crippen molar-refractivity contribution in [3.8, 4) is 0 Å². The SMILES string of the molecule is O=C1CC=C2OC=CC2C1=O. The van der Waals surface area contributed by atoms with E-state index in [1.165, 1.54) is 6.26 Å². The fraction of sp³-hybridized carbons (Fsp3) is 0.250. The molecule has 1 atom stereocenters. The minimum absolute atomic E-state index is 0.187. The Morgan fingerprint density at radius 3 is 3.09 bits per heavy atom. The van der Waals surface area contributed by atoms with E-state index in [2.05, 4.69) is 0 Å². The molecule has 0 spiro atoms. The van der Waals surface area contributed by atoms with E-state index in [1.807, 2.05) is 0 Å². The smallest absolute Gasteiger partial charge is 0.213 e. The van der Waals surface area contributed by atoms with Crippen molar-refractivity contribution >= 4 is 11.6 Å². The molecule has 0 aromatic rings. The van der Waals surface area contributed by atoms with Crippen molar-refractivity contribution in [3.63, 3.8) is 0 Å². The van der Waals surface area contributed by atoms with Crippen LogP contribution in [-0.2, 0) is 14.3 Å². The van der Waals surface area contributed by atoms with Crippen molar-refractivity contribution in [2.75, 3.05) is 0 Å². The highest BCUT2D eigenvalue weighted by Crippen LogP contribution is 2.26. The zero-order valence-corrected chi connectivity index (χ0v) is 5.74. The monoisotopic (exact) mass is 150 g/mol. The summed E-state index contributed by atoms with van der Waals surface area (Å²) in [7, 11) is 0. The second kappa shape index (κ2) is 2.05. The Labute approximate surface area is 63.3 Å². The van der Waals surface area contributed by atoms with E-state index in [9.17, 15) is 9.59 Å². The van der Waals surface area contributed by atoms with Crippen LogP contribution in [0.25, 0.3) is 0 Å². The summed E-state index contributed by atoms with van der Waals surface area (Å²) in [6.45, 7) is 0. The van der Waals surface area contributed by atoms with E-state index in [0.29, 0.717) is 5.76 Å². The Hall–Kier alpha value is -1.38. The van der Waals surface area contributed by atoms with Crippen molar-refractivity contribution in [2.45, 2.75) is 6.42 Å². The Kier molecular flexibility index (Phi) is 1.18. The first-order valence-electron chi connectivity index (χ1n) is 3.39. The zero-order valence-electron chi connectivity index (χ0n) is 5.74. The molecule has 3 heteroatoms. The molecule has 3 nitrogen and oxygen atoms in total. The Bertz CT molecular complexity index is 284. The number of hydrogen-bond acceptors (Lipinski definition) is 3. The van der Waals surface area contributed by atoms with Crippen LogP contribution in [0.1, 0.15) is 6.42 Å². The molecular formula is C8H6O3. The van der Waals surface area contributed by atoms with Gasteiger partial charge in [-0.15, -0.1) is 0 Å². The predicted octanol–water partition coefficient (Wildman–Crippen LogP) is 0.572. The fourth-order valence-corrected chi connectivity index (χ4v) is 1.22. The van der Waals surface area contributed by atoms with Gasteiger partial charge in [-0.05, 0) is 12.2 Å². The average Bonchev–Trinajstić information content (AvgIpc) is 2.45. The van der Waals surface area contributed by atoms with Crippen molar-refractivity contribution < 1.29 is 14.3 Å². The van der Waals surface area contributed by atoms with E-state index in [4.69, 9.17) is 4.74 Å². The van der Waals surface area contributed by atoms with Crippen LogP contribution in [0, 0.1) is 5.92 Å². The summed E-state index contributed by atoms with van der Waals surface area (Å²) in [4.78, 5) is 21.9. The highest BCUT2D eigenvalue weighted by atomic mass is 16.5. The minimum Gasteiger partial charge on any atom is -0.469 e. The van der Waals surface area contributed by atoms with Gasteiger partial charge in [0, 0.05) is 6.42 Å². The normalized spacial score (nSPS) is 28.0. The molecule has 2 rings (SSSR count).